The SMILES string of the molecule is CC(C)N=Cc1ccc(C=Nc2ccc(N)cc2)cc1. The van der Waals surface area contributed by atoms with Crippen molar-refractivity contribution in [1.29, 1.82) is 0 Å². The second kappa shape index (κ2) is 6.66. The Bertz CT molecular complexity index is 593. The molecule has 0 atom stereocenters. The fourth-order valence-corrected chi connectivity index (χ4v) is 1.61. The molecule has 0 aromatic heterocycles. The third-order valence-corrected chi connectivity index (χ3v) is 2.71. The lowest BCUT2D eigenvalue weighted by molar-refractivity contribution is 0.841. The van der Waals surface area contributed by atoms with E-state index in [-0.39, 0.29) is 0 Å². The highest BCUT2D eigenvalue weighted by atomic mass is 14.7. The van der Waals surface area contributed by atoms with E-state index in [0.717, 1.165) is 22.5 Å². The number of anilines is 1. The van der Waals surface area contributed by atoms with Gasteiger partial charge < -0.3 is 5.73 Å². The van der Waals surface area contributed by atoms with Crippen LogP contribution in [0.1, 0.15) is 25.0 Å². The van der Waals surface area contributed by atoms with Crippen LogP contribution in [0.2, 0.25) is 0 Å². The molecule has 102 valence electrons. The summed E-state index contributed by atoms with van der Waals surface area (Å²) in [6.07, 6.45) is 3.74. The van der Waals surface area contributed by atoms with Gasteiger partial charge in [-0.05, 0) is 49.2 Å². The van der Waals surface area contributed by atoms with E-state index in [4.69, 9.17) is 5.73 Å². The zero-order valence-electron chi connectivity index (χ0n) is 11.8. The van der Waals surface area contributed by atoms with Gasteiger partial charge in [-0.2, -0.15) is 0 Å². The van der Waals surface area contributed by atoms with Crippen LogP contribution < -0.4 is 5.73 Å². The second-order valence-electron chi connectivity index (χ2n) is 4.89. The van der Waals surface area contributed by atoms with E-state index in [1.807, 2.05) is 61.0 Å². The predicted molar refractivity (Wildman–Crippen MR) is 87.3 cm³/mol. The molecule has 20 heavy (non-hydrogen) atoms. The summed E-state index contributed by atoms with van der Waals surface area (Å²) >= 11 is 0. The Labute approximate surface area is 119 Å². The summed E-state index contributed by atoms with van der Waals surface area (Å²) in [7, 11) is 0. The molecule has 0 spiro atoms. The van der Waals surface area contributed by atoms with Gasteiger partial charge in [-0.1, -0.05) is 24.3 Å². The Morgan fingerprint density at radius 3 is 1.95 bits per heavy atom. The molecular weight excluding hydrogens is 246 g/mol. The van der Waals surface area contributed by atoms with Gasteiger partial charge in [0.05, 0.1) is 5.69 Å². The van der Waals surface area contributed by atoms with E-state index in [2.05, 4.69) is 23.8 Å². The molecule has 2 aromatic carbocycles. The largest absolute Gasteiger partial charge is 0.399 e. The highest BCUT2D eigenvalue weighted by molar-refractivity contribution is 5.85. The van der Waals surface area contributed by atoms with Crippen molar-refractivity contribution in [2.75, 3.05) is 5.73 Å². The smallest absolute Gasteiger partial charge is 0.0631 e. The molecule has 2 aromatic rings. The molecule has 3 heteroatoms. The number of nitrogen functional groups attached to an aromatic ring is 1. The minimum atomic E-state index is 0.321. The first-order chi connectivity index (χ1) is 9.63. The minimum Gasteiger partial charge on any atom is -0.399 e. The number of nitrogens with two attached hydrogens (primary N) is 1. The molecule has 0 aliphatic heterocycles. The molecule has 0 bridgehead atoms. The maximum Gasteiger partial charge on any atom is 0.0631 e. The van der Waals surface area contributed by atoms with Crippen LogP contribution in [-0.2, 0) is 0 Å². The molecule has 3 nitrogen and oxygen atoms in total. The van der Waals surface area contributed by atoms with Crippen LogP contribution in [0.15, 0.2) is 58.5 Å². The first kappa shape index (κ1) is 14.0. The quantitative estimate of drug-likeness (QED) is 0.662. The van der Waals surface area contributed by atoms with Crippen molar-refractivity contribution in [2.45, 2.75) is 19.9 Å². The highest BCUT2D eigenvalue weighted by Gasteiger charge is 1.92. The zero-order valence-corrected chi connectivity index (χ0v) is 11.8. The van der Waals surface area contributed by atoms with Gasteiger partial charge in [-0.3, -0.25) is 9.98 Å². The van der Waals surface area contributed by atoms with E-state index in [0.29, 0.717) is 6.04 Å². The molecule has 0 aliphatic carbocycles. The van der Waals surface area contributed by atoms with Crippen molar-refractivity contribution in [2.24, 2.45) is 9.98 Å². The third kappa shape index (κ3) is 4.35. The molecule has 2 N–H and O–H groups in total. The molecule has 0 amide bonds. The van der Waals surface area contributed by atoms with Crippen LogP contribution in [0.4, 0.5) is 11.4 Å². The van der Waals surface area contributed by atoms with Gasteiger partial charge in [0.2, 0.25) is 0 Å². The van der Waals surface area contributed by atoms with Crippen molar-refractivity contribution in [3.8, 4) is 0 Å². The number of aliphatic imine (C=N–C) groups is 2. The summed E-state index contributed by atoms with van der Waals surface area (Å²) in [4.78, 5) is 8.76. The summed E-state index contributed by atoms with van der Waals surface area (Å²) in [5.41, 5.74) is 9.44. The molecule has 0 aliphatic rings. The Kier molecular flexibility index (Phi) is 4.66. The average molecular weight is 265 g/mol. The van der Waals surface area contributed by atoms with Crippen LogP contribution >= 0.6 is 0 Å². The number of nitrogens with zero attached hydrogens (tertiary/aromatic N) is 2. The van der Waals surface area contributed by atoms with Crippen LogP contribution in [-0.4, -0.2) is 18.5 Å². The van der Waals surface area contributed by atoms with Gasteiger partial charge in [0, 0.05) is 24.2 Å². The second-order valence-corrected chi connectivity index (χ2v) is 4.89. The molecule has 0 radical (unpaired) electrons. The first-order valence-corrected chi connectivity index (χ1v) is 6.66. The number of rotatable bonds is 4. The topological polar surface area (TPSA) is 50.7 Å². The summed E-state index contributed by atoms with van der Waals surface area (Å²) in [6.45, 7) is 4.12. The van der Waals surface area contributed by atoms with Gasteiger partial charge in [-0.15, -0.1) is 0 Å². The predicted octanol–water partition coefficient (Wildman–Crippen LogP) is 3.85. The molecule has 2 rings (SSSR count). The van der Waals surface area contributed by atoms with E-state index in [1.54, 1.807) is 0 Å². The standard InChI is InChI=1S/C17H19N3/c1-13(2)19-11-14-3-5-15(6-4-14)12-20-17-9-7-16(18)8-10-17/h3-13H,18H2,1-2H3. The van der Waals surface area contributed by atoms with Crippen molar-refractivity contribution in [1.82, 2.24) is 0 Å². The molecule has 0 unspecified atom stereocenters. The fraction of sp³-hybridized carbons (Fsp3) is 0.176. The Morgan fingerprint density at radius 1 is 0.850 bits per heavy atom. The minimum absolute atomic E-state index is 0.321. The third-order valence-electron chi connectivity index (χ3n) is 2.71. The monoisotopic (exact) mass is 265 g/mol. The number of hydrogen-bond donors (Lipinski definition) is 1. The van der Waals surface area contributed by atoms with E-state index in [1.165, 1.54) is 0 Å². The van der Waals surface area contributed by atoms with Crippen molar-refractivity contribution < 1.29 is 0 Å². The van der Waals surface area contributed by atoms with Crippen molar-refractivity contribution in [3.05, 3.63) is 59.7 Å². The lowest BCUT2D eigenvalue weighted by Gasteiger charge is -1.98. The molecule has 0 heterocycles. The van der Waals surface area contributed by atoms with Crippen LogP contribution in [0.5, 0.6) is 0 Å². The van der Waals surface area contributed by atoms with Gasteiger partial charge in [-0.25, -0.2) is 0 Å². The summed E-state index contributed by atoms with van der Waals surface area (Å²) in [5.74, 6) is 0. The fourth-order valence-electron chi connectivity index (χ4n) is 1.61. The summed E-state index contributed by atoms with van der Waals surface area (Å²) in [5, 5.41) is 0. The van der Waals surface area contributed by atoms with Gasteiger partial charge in [0.15, 0.2) is 0 Å². The normalized spacial score (nSPS) is 11.8. The lowest BCUT2D eigenvalue weighted by atomic mass is 10.1. The van der Waals surface area contributed by atoms with E-state index in [9.17, 15) is 0 Å². The van der Waals surface area contributed by atoms with Gasteiger partial charge in [0.25, 0.3) is 0 Å². The Balaban J connectivity index is 2.05. The molecule has 0 saturated heterocycles. The van der Waals surface area contributed by atoms with Gasteiger partial charge >= 0.3 is 0 Å². The molecular formula is C17H19N3. The average Bonchev–Trinajstić information content (AvgIpc) is 2.45. The number of hydrogen-bond acceptors (Lipinski definition) is 3. The van der Waals surface area contributed by atoms with Crippen molar-refractivity contribution in [3.63, 3.8) is 0 Å². The maximum atomic E-state index is 5.64. The molecule has 0 fully saturated rings. The maximum absolute atomic E-state index is 5.64. The highest BCUT2D eigenvalue weighted by Crippen LogP contribution is 2.14. The molecule has 0 saturated carbocycles. The summed E-state index contributed by atoms with van der Waals surface area (Å²) in [6, 6.07) is 15.9. The van der Waals surface area contributed by atoms with Crippen molar-refractivity contribution >= 4 is 23.8 Å². The Morgan fingerprint density at radius 2 is 1.40 bits per heavy atom. The lowest BCUT2D eigenvalue weighted by Crippen LogP contribution is -1.90. The Hall–Kier alpha value is -2.42. The van der Waals surface area contributed by atoms with Gasteiger partial charge in [0.1, 0.15) is 0 Å². The van der Waals surface area contributed by atoms with E-state index >= 15 is 0 Å². The van der Waals surface area contributed by atoms with Crippen LogP contribution in [0, 0.1) is 0 Å². The number of benzene rings is 2. The first-order valence-electron chi connectivity index (χ1n) is 6.66. The van der Waals surface area contributed by atoms with Crippen LogP contribution in [0.25, 0.3) is 0 Å². The zero-order chi connectivity index (χ0) is 14.4. The van der Waals surface area contributed by atoms with Crippen LogP contribution in [0.3, 0.4) is 0 Å². The summed E-state index contributed by atoms with van der Waals surface area (Å²) < 4.78 is 0. The van der Waals surface area contributed by atoms with E-state index < -0.39 is 0 Å².